The number of aliphatic carboxylic acids is 1. The highest BCUT2D eigenvalue weighted by Crippen LogP contribution is 2.04. The molecule has 0 saturated carbocycles. The highest BCUT2D eigenvalue weighted by atomic mass is 32.2. The Labute approximate surface area is 194 Å². The lowest BCUT2D eigenvalue weighted by Gasteiger charge is -2.24. The van der Waals surface area contributed by atoms with Gasteiger partial charge >= 0.3 is 5.97 Å². The van der Waals surface area contributed by atoms with Crippen LogP contribution in [0.1, 0.15) is 32.1 Å². The second-order valence-corrected chi connectivity index (χ2v) is 8.09. The van der Waals surface area contributed by atoms with E-state index in [9.17, 15) is 39.0 Å². The first-order valence-electron chi connectivity index (χ1n) is 9.98. The normalized spacial score (nSPS) is 14.3. The summed E-state index contributed by atoms with van der Waals surface area (Å²) in [7, 11) is 0. The molecule has 4 unspecified atom stereocenters. The molecule has 15 heteroatoms. The van der Waals surface area contributed by atoms with Gasteiger partial charge in [-0.05, 0) is 31.3 Å². The van der Waals surface area contributed by atoms with Crippen LogP contribution in [-0.4, -0.2) is 88.5 Å². The van der Waals surface area contributed by atoms with Crippen molar-refractivity contribution in [2.75, 3.05) is 18.6 Å². The van der Waals surface area contributed by atoms with Crippen LogP contribution in [0.4, 0.5) is 0 Å². The summed E-state index contributed by atoms with van der Waals surface area (Å²) in [6.45, 7) is -0.899. The van der Waals surface area contributed by atoms with Crippen molar-refractivity contribution in [1.82, 2.24) is 16.0 Å². The number of aliphatic hydroxyl groups excluding tert-OH is 1. The van der Waals surface area contributed by atoms with Gasteiger partial charge in [-0.25, -0.2) is 4.79 Å². The van der Waals surface area contributed by atoms with E-state index in [0.717, 1.165) is 0 Å². The first-order valence-corrected chi connectivity index (χ1v) is 11.4. The molecular formula is C18H32N6O8S. The number of aliphatic hydroxyl groups is 1. The largest absolute Gasteiger partial charge is 0.480 e. The molecular weight excluding hydrogens is 460 g/mol. The van der Waals surface area contributed by atoms with Crippen LogP contribution in [0.5, 0.6) is 0 Å². The number of rotatable bonds is 17. The van der Waals surface area contributed by atoms with Crippen LogP contribution < -0.4 is 33.2 Å². The third-order valence-electron chi connectivity index (χ3n) is 4.39. The van der Waals surface area contributed by atoms with E-state index in [1.165, 1.54) is 11.8 Å². The van der Waals surface area contributed by atoms with Gasteiger partial charge in [0.05, 0.1) is 12.6 Å². The predicted molar refractivity (Wildman–Crippen MR) is 118 cm³/mol. The van der Waals surface area contributed by atoms with Gasteiger partial charge in [-0.1, -0.05) is 0 Å². The number of carboxylic acids is 1. The molecule has 0 heterocycles. The number of nitrogens with one attached hydrogen (secondary N) is 3. The molecule has 0 aliphatic rings. The van der Waals surface area contributed by atoms with Gasteiger partial charge in [0.1, 0.15) is 18.1 Å². The Kier molecular flexibility index (Phi) is 14.4. The number of nitrogens with two attached hydrogens (primary N) is 3. The number of carbonyl (C=O) groups excluding carboxylic acids is 5. The van der Waals surface area contributed by atoms with Crippen molar-refractivity contribution in [2.24, 2.45) is 17.2 Å². The lowest BCUT2D eigenvalue weighted by Crippen LogP contribution is -2.58. The Morgan fingerprint density at radius 2 is 1.24 bits per heavy atom. The van der Waals surface area contributed by atoms with E-state index >= 15 is 0 Å². The highest BCUT2D eigenvalue weighted by molar-refractivity contribution is 7.98. The maximum atomic E-state index is 12.6. The number of thioether (sulfide) groups is 1. The maximum Gasteiger partial charge on any atom is 0.326 e. The third-order valence-corrected chi connectivity index (χ3v) is 5.04. The number of hydrogen-bond acceptors (Lipinski definition) is 9. The molecule has 0 aromatic rings. The van der Waals surface area contributed by atoms with Crippen LogP contribution in [0.2, 0.25) is 0 Å². The van der Waals surface area contributed by atoms with E-state index in [1.54, 1.807) is 0 Å². The molecule has 0 aromatic heterocycles. The molecule has 0 rings (SSSR count). The Morgan fingerprint density at radius 1 is 0.788 bits per heavy atom. The van der Waals surface area contributed by atoms with E-state index in [0.29, 0.717) is 12.2 Å². The molecule has 0 bridgehead atoms. The van der Waals surface area contributed by atoms with Crippen LogP contribution in [-0.2, 0) is 28.8 Å². The highest BCUT2D eigenvalue weighted by Gasteiger charge is 2.30. The zero-order valence-corrected chi connectivity index (χ0v) is 19.1. The van der Waals surface area contributed by atoms with Gasteiger partial charge in [-0.15, -0.1) is 0 Å². The summed E-state index contributed by atoms with van der Waals surface area (Å²) in [6.07, 6.45) is 1.09. The van der Waals surface area contributed by atoms with Gasteiger partial charge in [-0.3, -0.25) is 24.0 Å². The van der Waals surface area contributed by atoms with Crippen molar-refractivity contribution in [3.05, 3.63) is 0 Å². The minimum absolute atomic E-state index is 0.196. The molecule has 0 radical (unpaired) electrons. The SMILES string of the molecule is CSCCC(N)C(=O)NC(CCC(N)=O)C(=O)NC(CO)C(=O)NC(CCC(N)=O)C(=O)O. The van der Waals surface area contributed by atoms with Gasteiger partial charge in [0, 0.05) is 12.8 Å². The van der Waals surface area contributed by atoms with Crippen molar-refractivity contribution in [3.8, 4) is 0 Å². The van der Waals surface area contributed by atoms with Gasteiger partial charge in [0.15, 0.2) is 0 Å². The first kappa shape index (κ1) is 30.1. The van der Waals surface area contributed by atoms with Crippen molar-refractivity contribution in [2.45, 2.75) is 56.3 Å². The fourth-order valence-corrected chi connectivity index (χ4v) is 2.98. The van der Waals surface area contributed by atoms with E-state index in [4.69, 9.17) is 17.2 Å². The Morgan fingerprint density at radius 3 is 1.70 bits per heavy atom. The molecule has 33 heavy (non-hydrogen) atoms. The summed E-state index contributed by atoms with van der Waals surface area (Å²) >= 11 is 1.47. The van der Waals surface area contributed by atoms with Crippen LogP contribution in [0.3, 0.4) is 0 Å². The zero-order valence-electron chi connectivity index (χ0n) is 18.2. The average molecular weight is 493 g/mol. The second-order valence-electron chi connectivity index (χ2n) is 7.10. The standard InChI is InChI=1S/C18H32N6O8S/c1-33-7-6-9(19)15(28)22-10(2-4-13(20)26)16(29)24-12(8-25)17(30)23-11(18(31)32)3-5-14(21)27/h9-12,25H,2-8,19H2,1H3,(H2,20,26)(H2,21,27)(H,22,28)(H,23,30)(H,24,29)(H,31,32). The number of amides is 5. The van der Waals surface area contributed by atoms with Gasteiger partial charge in [0.2, 0.25) is 29.5 Å². The minimum atomic E-state index is -1.58. The summed E-state index contributed by atoms with van der Waals surface area (Å²) in [5.41, 5.74) is 15.9. The lowest BCUT2D eigenvalue weighted by molar-refractivity contribution is -0.143. The molecule has 4 atom stereocenters. The fraction of sp³-hybridized carbons (Fsp3) is 0.667. The Bertz CT molecular complexity index is 722. The van der Waals surface area contributed by atoms with Gasteiger partial charge in [-0.2, -0.15) is 11.8 Å². The molecule has 0 fully saturated rings. The summed E-state index contributed by atoms with van der Waals surface area (Å²) in [5, 5.41) is 25.3. The first-order chi connectivity index (χ1) is 15.4. The van der Waals surface area contributed by atoms with Crippen LogP contribution in [0.25, 0.3) is 0 Å². The van der Waals surface area contributed by atoms with E-state index < -0.39 is 66.3 Å². The smallest absolute Gasteiger partial charge is 0.326 e. The molecule has 0 saturated heterocycles. The van der Waals surface area contributed by atoms with E-state index in [-0.39, 0.29) is 25.7 Å². The summed E-state index contributed by atoms with van der Waals surface area (Å²) < 4.78 is 0. The summed E-state index contributed by atoms with van der Waals surface area (Å²) in [6, 6.07) is -5.28. The molecule has 0 aromatic carbocycles. The van der Waals surface area contributed by atoms with Gasteiger partial charge in [0.25, 0.3) is 0 Å². The summed E-state index contributed by atoms with van der Waals surface area (Å²) in [4.78, 5) is 70.5. The number of carboxylic acid groups (broad SMARTS) is 1. The van der Waals surface area contributed by atoms with E-state index in [2.05, 4.69) is 16.0 Å². The van der Waals surface area contributed by atoms with Crippen molar-refractivity contribution >= 4 is 47.3 Å². The molecule has 0 spiro atoms. The average Bonchev–Trinajstić information content (AvgIpc) is 2.74. The Hall–Kier alpha value is -2.91. The second kappa shape index (κ2) is 15.8. The molecule has 0 aliphatic carbocycles. The van der Waals surface area contributed by atoms with Gasteiger partial charge < -0.3 is 43.4 Å². The minimum Gasteiger partial charge on any atom is -0.480 e. The quantitative estimate of drug-likeness (QED) is 0.0979. The van der Waals surface area contributed by atoms with Crippen molar-refractivity contribution in [1.29, 1.82) is 0 Å². The molecule has 14 nitrogen and oxygen atoms in total. The summed E-state index contributed by atoms with van der Waals surface area (Å²) in [5.74, 6) is -4.97. The molecule has 188 valence electrons. The topological polar surface area (TPSA) is 257 Å². The zero-order chi connectivity index (χ0) is 25.6. The predicted octanol–water partition coefficient (Wildman–Crippen LogP) is -3.87. The van der Waals surface area contributed by atoms with Crippen molar-refractivity contribution in [3.63, 3.8) is 0 Å². The molecule has 0 aliphatic heterocycles. The molecule has 5 amide bonds. The lowest BCUT2D eigenvalue weighted by atomic mass is 10.1. The maximum absolute atomic E-state index is 12.6. The van der Waals surface area contributed by atoms with Crippen LogP contribution in [0, 0.1) is 0 Å². The van der Waals surface area contributed by atoms with E-state index in [1.807, 2.05) is 6.26 Å². The monoisotopic (exact) mass is 492 g/mol. The Balaban J connectivity index is 5.26. The van der Waals surface area contributed by atoms with Crippen LogP contribution in [0.15, 0.2) is 0 Å². The number of carbonyl (C=O) groups is 6. The van der Waals surface area contributed by atoms with Crippen LogP contribution >= 0.6 is 11.8 Å². The van der Waals surface area contributed by atoms with Crippen molar-refractivity contribution < 1.29 is 39.0 Å². The number of primary amides is 2. The third kappa shape index (κ3) is 12.6. The number of hydrogen-bond donors (Lipinski definition) is 8. The molecule has 11 N–H and O–H groups in total. The fourth-order valence-electron chi connectivity index (χ4n) is 2.49.